The largest absolute Gasteiger partial charge is 0.452 e. The van der Waals surface area contributed by atoms with Gasteiger partial charge in [0.15, 0.2) is 6.61 Å². The van der Waals surface area contributed by atoms with Gasteiger partial charge in [0.1, 0.15) is 11.4 Å². The summed E-state index contributed by atoms with van der Waals surface area (Å²) in [6.07, 6.45) is 3.46. The van der Waals surface area contributed by atoms with Crippen LogP contribution in [0.5, 0.6) is 0 Å². The van der Waals surface area contributed by atoms with Crippen molar-refractivity contribution >= 4 is 39.2 Å². The van der Waals surface area contributed by atoms with Crippen LogP contribution in [0.2, 0.25) is 5.02 Å². The number of nitriles is 1. The summed E-state index contributed by atoms with van der Waals surface area (Å²) in [4.78, 5) is 26.2. The minimum absolute atomic E-state index is 0.0103. The molecule has 1 aliphatic heterocycles. The van der Waals surface area contributed by atoms with E-state index in [1.807, 2.05) is 6.07 Å². The number of rotatable bonds is 7. The van der Waals surface area contributed by atoms with Gasteiger partial charge < -0.3 is 4.74 Å². The van der Waals surface area contributed by atoms with Crippen molar-refractivity contribution < 1.29 is 22.7 Å². The molecule has 0 unspecified atom stereocenters. The summed E-state index contributed by atoms with van der Waals surface area (Å²) in [5.41, 5.74) is 0.463. The van der Waals surface area contributed by atoms with E-state index in [1.165, 1.54) is 27.4 Å². The number of carbonyl (C=O) groups excluding carboxylic acids is 2. The number of hydrogen-bond donors (Lipinski definition) is 0. The first-order valence-corrected chi connectivity index (χ1v) is 12.4. The maximum absolute atomic E-state index is 13.1. The van der Waals surface area contributed by atoms with Crippen molar-refractivity contribution in [2.24, 2.45) is 0 Å². The summed E-state index contributed by atoms with van der Waals surface area (Å²) >= 11 is 6.17. The highest BCUT2D eigenvalue weighted by molar-refractivity contribution is 7.89. The Kier molecular flexibility index (Phi) is 8.44. The van der Waals surface area contributed by atoms with Gasteiger partial charge in [0, 0.05) is 18.8 Å². The van der Waals surface area contributed by atoms with Crippen LogP contribution in [0.4, 0.5) is 5.69 Å². The van der Waals surface area contributed by atoms with E-state index in [9.17, 15) is 18.0 Å². The number of hydrogen-bond acceptors (Lipinski definition) is 6. The fourth-order valence-corrected chi connectivity index (χ4v) is 5.56. The molecule has 1 fully saturated rings. The van der Waals surface area contributed by atoms with Crippen molar-refractivity contribution in [1.29, 1.82) is 5.26 Å². The van der Waals surface area contributed by atoms with Crippen molar-refractivity contribution in [1.82, 2.24) is 4.31 Å². The lowest BCUT2D eigenvalue weighted by atomic mass is 10.2. The van der Waals surface area contributed by atoms with E-state index >= 15 is 0 Å². The standard InChI is InChI=1S/C23H24ClN3O5S/c24-20-11-10-18(16-21(20)33(30,31)26-13-6-1-2-7-14-26)23(29)32-17-22(28)27(15-12-25)19-8-4-3-5-9-19/h3-5,8-11,16H,1-2,6-7,13-15,17H2. The van der Waals surface area contributed by atoms with Gasteiger partial charge in [-0.1, -0.05) is 42.6 Å². The van der Waals surface area contributed by atoms with E-state index in [2.05, 4.69) is 0 Å². The van der Waals surface area contributed by atoms with Crippen molar-refractivity contribution in [2.45, 2.75) is 30.6 Å². The number of halogens is 1. The molecule has 1 saturated heterocycles. The van der Waals surface area contributed by atoms with Crippen LogP contribution in [0.15, 0.2) is 53.4 Å². The lowest BCUT2D eigenvalue weighted by molar-refractivity contribution is -0.121. The molecule has 0 atom stereocenters. The zero-order chi connectivity index (χ0) is 23.8. The molecule has 3 rings (SSSR count). The van der Waals surface area contributed by atoms with Crippen LogP contribution in [0.3, 0.4) is 0 Å². The van der Waals surface area contributed by atoms with Crippen LogP contribution < -0.4 is 4.90 Å². The Balaban J connectivity index is 1.74. The molecule has 0 bridgehead atoms. The molecule has 2 aromatic carbocycles. The minimum atomic E-state index is -3.88. The summed E-state index contributed by atoms with van der Waals surface area (Å²) in [5.74, 6) is -1.44. The van der Waals surface area contributed by atoms with Gasteiger partial charge in [-0.05, 0) is 43.2 Å². The molecule has 0 saturated carbocycles. The van der Waals surface area contributed by atoms with Gasteiger partial charge in [0.2, 0.25) is 10.0 Å². The fraction of sp³-hybridized carbons (Fsp3) is 0.348. The van der Waals surface area contributed by atoms with E-state index in [-0.39, 0.29) is 22.0 Å². The molecule has 33 heavy (non-hydrogen) atoms. The minimum Gasteiger partial charge on any atom is -0.452 e. The molecule has 0 aliphatic carbocycles. The Labute approximate surface area is 198 Å². The molecule has 1 heterocycles. The normalized spacial score (nSPS) is 14.7. The smallest absolute Gasteiger partial charge is 0.338 e. The van der Waals surface area contributed by atoms with Crippen molar-refractivity contribution in [3.63, 3.8) is 0 Å². The third kappa shape index (κ3) is 6.11. The van der Waals surface area contributed by atoms with Crippen LogP contribution in [0.1, 0.15) is 36.0 Å². The Morgan fingerprint density at radius 1 is 1.06 bits per heavy atom. The number of anilines is 1. The van der Waals surface area contributed by atoms with Crippen LogP contribution >= 0.6 is 11.6 Å². The van der Waals surface area contributed by atoms with Crippen molar-refractivity contribution in [3.8, 4) is 6.07 Å². The van der Waals surface area contributed by atoms with Gasteiger partial charge in [0.25, 0.3) is 5.91 Å². The highest BCUT2D eigenvalue weighted by Crippen LogP contribution is 2.28. The molecule has 2 aromatic rings. The van der Waals surface area contributed by atoms with Gasteiger partial charge in [-0.25, -0.2) is 13.2 Å². The topological polar surface area (TPSA) is 108 Å². The Morgan fingerprint density at radius 3 is 2.36 bits per heavy atom. The number of nitrogens with zero attached hydrogens (tertiary/aromatic N) is 3. The van der Waals surface area contributed by atoms with Crippen LogP contribution in [0, 0.1) is 11.3 Å². The summed E-state index contributed by atoms with van der Waals surface area (Å²) in [6, 6.07) is 14.3. The van der Waals surface area contributed by atoms with E-state index in [4.69, 9.17) is 21.6 Å². The average Bonchev–Trinajstić information content (AvgIpc) is 3.12. The summed E-state index contributed by atoms with van der Waals surface area (Å²) in [6.45, 7) is -0.0160. The number of amides is 1. The van der Waals surface area contributed by atoms with Crippen LogP contribution in [0.25, 0.3) is 0 Å². The number of ether oxygens (including phenoxy) is 1. The number of para-hydroxylation sites is 1. The highest BCUT2D eigenvalue weighted by Gasteiger charge is 2.28. The molecule has 10 heteroatoms. The third-order valence-electron chi connectivity index (χ3n) is 5.27. The molecular weight excluding hydrogens is 466 g/mol. The third-order valence-corrected chi connectivity index (χ3v) is 7.65. The first-order valence-electron chi connectivity index (χ1n) is 10.5. The molecule has 0 aromatic heterocycles. The maximum atomic E-state index is 13.1. The number of esters is 1. The number of benzene rings is 2. The summed E-state index contributed by atoms with van der Waals surface area (Å²) in [7, 11) is -3.88. The average molecular weight is 490 g/mol. The van der Waals surface area contributed by atoms with Crippen LogP contribution in [-0.4, -0.2) is 50.8 Å². The SMILES string of the molecule is N#CCN(C(=O)COC(=O)c1ccc(Cl)c(S(=O)(=O)N2CCCCCC2)c1)c1ccccc1. The second-order valence-electron chi connectivity index (χ2n) is 7.51. The van der Waals surface area contributed by atoms with Crippen molar-refractivity contribution in [3.05, 3.63) is 59.1 Å². The van der Waals surface area contributed by atoms with Crippen molar-refractivity contribution in [2.75, 3.05) is 31.1 Å². The molecule has 0 radical (unpaired) electrons. The first kappa shape index (κ1) is 24.7. The van der Waals surface area contributed by atoms with Gasteiger partial charge in [0.05, 0.1) is 16.7 Å². The second kappa shape index (κ2) is 11.3. The van der Waals surface area contributed by atoms with Crippen LogP contribution in [-0.2, 0) is 19.6 Å². The lowest BCUT2D eigenvalue weighted by Gasteiger charge is -2.21. The summed E-state index contributed by atoms with van der Waals surface area (Å²) in [5, 5.41) is 9.05. The quantitative estimate of drug-likeness (QED) is 0.434. The predicted molar refractivity (Wildman–Crippen MR) is 123 cm³/mol. The number of carbonyl (C=O) groups is 2. The molecule has 0 N–H and O–H groups in total. The van der Waals surface area contributed by atoms with E-state index in [0.29, 0.717) is 18.8 Å². The van der Waals surface area contributed by atoms with E-state index < -0.39 is 28.5 Å². The maximum Gasteiger partial charge on any atom is 0.338 e. The highest BCUT2D eigenvalue weighted by atomic mass is 35.5. The van der Waals surface area contributed by atoms with Gasteiger partial charge in [-0.2, -0.15) is 9.57 Å². The monoisotopic (exact) mass is 489 g/mol. The fourth-order valence-electron chi connectivity index (χ4n) is 3.54. The lowest BCUT2D eigenvalue weighted by Crippen LogP contribution is -2.35. The van der Waals surface area contributed by atoms with Gasteiger partial charge >= 0.3 is 5.97 Å². The molecule has 1 amide bonds. The molecule has 174 valence electrons. The van der Waals surface area contributed by atoms with Gasteiger partial charge in [-0.3, -0.25) is 9.69 Å². The number of sulfonamides is 1. The zero-order valence-corrected chi connectivity index (χ0v) is 19.5. The molecule has 8 nitrogen and oxygen atoms in total. The molecular formula is C23H24ClN3O5S. The Morgan fingerprint density at radius 2 is 1.73 bits per heavy atom. The molecule has 1 aliphatic rings. The van der Waals surface area contributed by atoms with E-state index in [0.717, 1.165) is 25.7 Å². The zero-order valence-electron chi connectivity index (χ0n) is 17.9. The second-order valence-corrected chi connectivity index (χ2v) is 9.83. The van der Waals surface area contributed by atoms with Gasteiger partial charge in [-0.15, -0.1) is 0 Å². The predicted octanol–water partition coefficient (Wildman–Crippen LogP) is 3.62. The summed E-state index contributed by atoms with van der Waals surface area (Å²) < 4.78 is 32.7. The first-order chi connectivity index (χ1) is 15.8. The molecule has 0 spiro atoms. The Bertz CT molecular complexity index is 1140. The van der Waals surface area contributed by atoms with E-state index in [1.54, 1.807) is 30.3 Å². The Hall–Kier alpha value is -2.93.